The molecule has 0 saturated carbocycles. The molecule has 0 spiro atoms. The number of thiocarbonyl (C=S) groups is 1. The van der Waals surface area contributed by atoms with E-state index in [9.17, 15) is 4.79 Å². The van der Waals surface area contributed by atoms with Crippen molar-refractivity contribution >= 4 is 46.2 Å². The van der Waals surface area contributed by atoms with Crippen molar-refractivity contribution in [2.45, 2.75) is 19.0 Å². The molecule has 2 aromatic carbocycles. The molecule has 0 radical (unpaired) electrons. The molecule has 2 atom stereocenters. The SMILES string of the molecule is COCC(=O)Nc1ccc(N2C(=S)NC(c3ccccn3)C2c2cccn2-c2cccc(Cl)c2)cc1C. The number of ether oxygens (including phenoxy) is 1. The summed E-state index contributed by atoms with van der Waals surface area (Å²) in [6.07, 6.45) is 3.81. The fourth-order valence-electron chi connectivity index (χ4n) is 4.68. The summed E-state index contributed by atoms with van der Waals surface area (Å²) in [7, 11) is 1.49. The Morgan fingerprint density at radius 3 is 2.70 bits per heavy atom. The highest BCUT2D eigenvalue weighted by Gasteiger charge is 2.42. The van der Waals surface area contributed by atoms with Gasteiger partial charge in [-0.25, -0.2) is 0 Å². The molecule has 1 amide bonds. The second-order valence-corrected chi connectivity index (χ2v) is 9.58. The normalized spacial score (nSPS) is 17.1. The van der Waals surface area contributed by atoms with Crippen molar-refractivity contribution in [2.75, 3.05) is 23.9 Å². The van der Waals surface area contributed by atoms with Crippen molar-refractivity contribution in [3.05, 3.63) is 107 Å². The minimum Gasteiger partial charge on any atom is -0.375 e. The van der Waals surface area contributed by atoms with Gasteiger partial charge in [0.15, 0.2) is 5.11 Å². The molecule has 7 nitrogen and oxygen atoms in total. The van der Waals surface area contributed by atoms with Crippen molar-refractivity contribution in [1.82, 2.24) is 14.9 Å². The number of hydrogen-bond donors (Lipinski definition) is 2. The van der Waals surface area contributed by atoms with Crippen molar-refractivity contribution in [3.63, 3.8) is 0 Å². The Labute approximate surface area is 226 Å². The number of carbonyl (C=O) groups excluding carboxylic acids is 1. The number of hydrogen-bond acceptors (Lipinski definition) is 4. The van der Waals surface area contributed by atoms with Gasteiger partial charge >= 0.3 is 0 Å². The number of nitrogens with one attached hydrogen (secondary N) is 2. The highest BCUT2D eigenvalue weighted by Crippen LogP contribution is 2.43. The zero-order valence-electron chi connectivity index (χ0n) is 20.4. The van der Waals surface area contributed by atoms with E-state index in [1.165, 1.54) is 7.11 Å². The summed E-state index contributed by atoms with van der Waals surface area (Å²) in [4.78, 5) is 18.8. The van der Waals surface area contributed by atoms with E-state index in [1.54, 1.807) is 6.20 Å². The van der Waals surface area contributed by atoms with Crippen LogP contribution in [0.3, 0.4) is 0 Å². The first-order chi connectivity index (χ1) is 18.0. The lowest BCUT2D eigenvalue weighted by molar-refractivity contribution is -0.119. The first-order valence-electron chi connectivity index (χ1n) is 11.8. The minimum atomic E-state index is -0.204. The van der Waals surface area contributed by atoms with Gasteiger partial charge in [-0.2, -0.15) is 0 Å². The largest absolute Gasteiger partial charge is 0.375 e. The number of carbonyl (C=O) groups is 1. The van der Waals surface area contributed by atoms with Crippen molar-refractivity contribution < 1.29 is 9.53 Å². The Balaban J connectivity index is 1.59. The van der Waals surface area contributed by atoms with Gasteiger partial charge in [-0.3, -0.25) is 9.78 Å². The van der Waals surface area contributed by atoms with E-state index in [-0.39, 0.29) is 24.6 Å². The van der Waals surface area contributed by atoms with E-state index >= 15 is 0 Å². The zero-order chi connectivity index (χ0) is 25.9. The van der Waals surface area contributed by atoms with Crippen LogP contribution in [0.25, 0.3) is 5.69 Å². The molecule has 0 aliphatic carbocycles. The molecule has 1 aliphatic rings. The Morgan fingerprint density at radius 2 is 1.97 bits per heavy atom. The highest BCUT2D eigenvalue weighted by atomic mass is 35.5. The standard InChI is InChI=1S/C28H26ClN5O2S/c1-18-15-21(11-12-22(18)31-25(35)17-36-2)34-27(26(32-28(34)37)23-9-3-4-13-30-23)24-10-6-14-33(24)20-8-5-7-19(29)16-20/h3-16,26-27H,17H2,1-2H3,(H,31,35)(H,32,37). The summed E-state index contributed by atoms with van der Waals surface area (Å²) in [6, 6.07) is 23.2. The smallest absolute Gasteiger partial charge is 0.250 e. The Morgan fingerprint density at radius 1 is 1.11 bits per heavy atom. The van der Waals surface area contributed by atoms with Crippen LogP contribution in [0.15, 0.2) is 85.2 Å². The lowest BCUT2D eigenvalue weighted by atomic mass is 10.00. The highest BCUT2D eigenvalue weighted by molar-refractivity contribution is 7.80. The van der Waals surface area contributed by atoms with Crippen LogP contribution in [0.2, 0.25) is 5.02 Å². The van der Waals surface area contributed by atoms with E-state index in [2.05, 4.69) is 31.2 Å². The van der Waals surface area contributed by atoms with E-state index in [0.29, 0.717) is 10.1 Å². The number of aromatic nitrogens is 2. The summed E-state index contributed by atoms with van der Waals surface area (Å²) in [5, 5.41) is 7.65. The van der Waals surface area contributed by atoms with E-state index in [0.717, 1.165) is 34.0 Å². The quantitative estimate of drug-likeness (QED) is 0.303. The molecule has 5 rings (SSSR count). The van der Waals surface area contributed by atoms with Gasteiger partial charge in [0.1, 0.15) is 12.6 Å². The van der Waals surface area contributed by atoms with Crippen molar-refractivity contribution in [3.8, 4) is 5.69 Å². The molecule has 2 unspecified atom stereocenters. The van der Waals surface area contributed by atoms with Crippen LogP contribution in [0.1, 0.15) is 29.0 Å². The Hall–Kier alpha value is -3.72. The van der Waals surface area contributed by atoms with Crippen LogP contribution in [0.4, 0.5) is 11.4 Å². The molecule has 2 aromatic heterocycles. The number of rotatable bonds is 7. The number of anilines is 2. The van der Waals surface area contributed by atoms with Crippen molar-refractivity contribution in [2.24, 2.45) is 0 Å². The number of methoxy groups -OCH3 is 1. The van der Waals surface area contributed by atoms with E-state index in [1.807, 2.05) is 79.9 Å². The van der Waals surface area contributed by atoms with Crippen molar-refractivity contribution in [1.29, 1.82) is 0 Å². The minimum absolute atomic E-state index is 0.00432. The Kier molecular flexibility index (Phi) is 7.23. The molecule has 1 fully saturated rings. The van der Waals surface area contributed by atoms with Gasteiger partial charge in [0, 0.05) is 47.3 Å². The fraction of sp³-hybridized carbons (Fsp3) is 0.179. The molecule has 188 valence electrons. The van der Waals surface area contributed by atoms with Crippen LogP contribution >= 0.6 is 23.8 Å². The summed E-state index contributed by atoms with van der Waals surface area (Å²) >= 11 is 12.2. The number of aryl methyl sites for hydroxylation is 1. The summed E-state index contributed by atoms with van der Waals surface area (Å²) in [6.45, 7) is 1.95. The average molecular weight is 532 g/mol. The molecule has 1 saturated heterocycles. The average Bonchev–Trinajstić information content (AvgIpc) is 3.50. The lowest BCUT2D eigenvalue weighted by Gasteiger charge is -2.29. The number of nitrogens with zero attached hydrogens (tertiary/aromatic N) is 3. The van der Waals surface area contributed by atoms with E-state index < -0.39 is 0 Å². The summed E-state index contributed by atoms with van der Waals surface area (Å²) in [5.74, 6) is -0.204. The molecule has 4 aromatic rings. The molecule has 3 heterocycles. The van der Waals surface area contributed by atoms with Gasteiger partial charge in [0.25, 0.3) is 0 Å². The van der Waals surface area contributed by atoms with Gasteiger partial charge < -0.3 is 24.8 Å². The van der Waals surface area contributed by atoms with Crippen LogP contribution in [0, 0.1) is 6.92 Å². The zero-order valence-corrected chi connectivity index (χ0v) is 22.0. The maximum atomic E-state index is 12.1. The third-order valence-electron chi connectivity index (χ3n) is 6.31. The third kappa shape index (κ3) is 5.09. The Bertz CT molecular complexity index is 1440. The molecule has 1 aliphatic heterocycles. The first-order valence-corrected chi connectivity index (χ1v) is 12.6. The number of halogens is 1. The number of benzene rings is 2. The van der Waals surface area contributed by atoms with Crippen LogP contribution in [0.5, 0.6) is 0 Å². The fourth-order valence-corrected chi connectivity index (χ4v) is 5.22. The molecule has 37 heavy (non-hydrogen) atoms. The number of amides is 1. The first kappa shape index (κ1) is 25.0. The molecular weight excluding hydrogens is 506 g/mol. The van der Waals surface area contributed by atoms with Gasteiger partial charge in [0.05, 0.1) is 11.7 Å². The molecular formula is C28H26ClN5O2S. The lowest BCUT2D eigenvalue weighted by Crippen LogP contribution is -2.30. The molecule has 2 N–H and O–H groups in total. The summed E-state index contributed by atoms with van der Waals surface area (Å²) < 4.78 is 7.06. The van der Waals surface area contributed by atoms with E-state index in [4.69, 9.17) is 28.6 Å². The van der Waals surface area contributed by atoms with Gasteiger partial charge in [-0.1, -0.05) is 23.7 Å². The maximum Gasteiger partial charge on any atom is 0.250 e. The summed E-state index contributed by atoms with van der Waals surface area (Å²) in [5.41, 5.74) is 5.41. The third-order valence-corrected chi connectivity index (χ3v) is 6.86. The van der Waals surface area contributed by atoms with Gasteiger partial charge in [-0.05, 0) is 85.4 Å². The van der Waals surface area contributed by atoms with Crippen LogP contribution in [-0.4, -0.2) is 34.3 Å². The second kappa shape index (κ2) is 10.7. The van der Waals surface area contributed by atoms with Gasteiger partial charge in [-0.15, -0.1) is 0 Å². The van der Waals surface area contributed by atoms with Crippen LogP contribution in [-0.2, 0) is 9.53 Å². The van der Waals surface area contributed by atoms with Gasteiger partial charge in [0.2, 0.25) is 5.91 Å². The maximum absolute atomic E-state index is 12.1. The molecule has 0 bridgehead atoms. The number of pyridine rings is 1. The monoisotopic (exact) mass is 531 g/mol. The predicted octanol–water partition coefficient (Wildman–Crippen LogP) is 5.60. The topological polar surface area (TPSA) is 71.4 Å². The van der Waals surface area contributed by atoms with Crippen LogP contribution < -0.4 is 15.5 Å². The molecule has 9 heteroatoms. The second-order valence-electron chi connectivity index (χ2n) is 8.76. The predicted molar refractivity (Wildman–Crippen MR) is 150 cm³/mol.